The second-order valence-corrected chi connectivity index (χ2v) is 5.18. The van der Waals surface area contributed by atoms with E-state index < -0.39 is 0 Å². The van der Waals surface area contributed by atoms with Crippen molar-refractivity contribution < 1.29 is 4.79 Å². The molecule has 98 valence electrons. The number of hydrogen-bond acceptors (Lipinski definition) is 3. The fourth-order valence-electron chi connectivity index (χ4n) is 2.50. The zero-order valence-electron chi connectivity index (χ0n) is 11.1. The van der Waals surface area contributed by atoms with Crippen LogP contribution in [0.2, 0.25) is 0 Å². The molecule has 2 N–H and O–H groups in total. The molecule has 1 aromatic heterocycles. The quantitative estimate of drug-likeness (QED) is 0.860. The Labute approximate surface area is 108 Å². The molecule has 1 aromatic rings. The van der Waals surface area contributed by atoms with Crippen LogP contribution in [0, 0.1) is 18.8 Å². The third-order valence-corrected chi connectivity index (χ3v) is 3.92. The molecule has 0 spiro atoms. The molecule has 2 heterocycles. The minimum Gasteiger partial charge on any atom is -0.337 e. The van der Waals surface area contributed by atoms with Gasteiger partial charge in [0.15, 0.2) is 0 Å². The molecule has 1 aliphatic rings. The van der Waals surface area contributed by atoms with Gasteiger partial charge in [-0.25, -0.2) is 0 Å². The zero-order valence-corrected chi connectivity index (χ0v) is 11.1. The van der Waals surface area contributed by atoms with Crippen molar-refractivity contribution in [1.82, 2.24) is 9.88 Å². The van der Waals surface area contributed by atoms with Gasteiger partial charge >= 0.3 is 0 Å². The monoisotopic (exact) mass is 247 g/mol. The van der Waals surface area contributed by atoms with Gasteiger partial charge < -0.3 is 10.6 Å². The van der Waals surface area contributed by atoms with E-state index in [0.717, 1.165) is 25.1 Å². The van der Waals surface area contributed by atoms with E-state index in [0.29, 0.717) is 24.1 Å². The molecule has 2 rings (SSSR count). The molecule has 1 amide bonds. The van der Waals surface area contributed by atoms with E-state index in [1.54, 1.807) is 6.20 Å². The number of nitrogens with zero attached hydrogens (tertiary/aromatic N) is 2. The molecule has 1 fully saturated rings. The van der Waals surface area contributed by atoms with Gasteiger partial charge in [-0.15, -0.1) is 0 Å². The number of aryl methyl sites for hydroxylation is 1. The molecule has 0 aliphatic carbocycles. The highest BCUT2D eigenvalue weighted by atomic mass is 16.2. The van der Waals surface area contributed by atoms with E-state index in [1.165, 1.54) is 0 Å². The molecule has 18 heavy (non-hydrogen) atoms. The second kappa shape index (κ2) is 5.48. The maximum atomic E-state index is 12.4. The normalized spacial score (nSPS) is 24.1. The molecule has 0 saturated carbocycles. The Morgan fingerprint density at radius 2 is 2.39 bits per heavy atom. The molecular formula is C14H21N3O. The van der Waals surface area contributed by atoms with Gasteiger partial charge in [-0.1, -0.05) is 13.0 Å². The molecule has 2 atom stereocenters. The summed E-state index contributed by atoms with van der Waals surface area (Å²) in [5.74, 6) is 1.05. The molecule has 4 nitrogen and oxygen atoms in total. The van der Waals surface area contributed by atoms with E-state index in [1.807, 2.05) is 24.0 Å². The average Bonchev–Trinajstić information content (AvgIpc) is 2.39. The zero-order chi connectivity index (χ0) is 13.1. The van der Waals surface area contributed by atoms with Gasteiger partial charge in [0.2, 0.25) is 0 Å². The van der Waals surface area contributed by atoms with Crippen LogP contribution in [0.5, 0.6) is 0 Å². The number of carbonyl (C=O) groups is 1. The van der Waals surface area contributed by atoms with Crippen LogP contribution < -0.4 is 5.73 Å². The molecule has 4 heteroatoms. The summed E-state index contributed by atoms with van der Waals surface area (Å²) in [6.07, 6.45) is 2.70. The van der Waals surface area contributed by atoms with Crippen LogP contribution in [0.3, 0.4) is 0 Å². The lowest BCUT2D eigenvalue weighted by molar-refractivity contribution is 0.0612. The van der Waals surface area contributed by atoms with Crippen LogP contribution in [-0.4, -0.2) is 35.4 Å². The topological polar surface area (TPSA) is 59.2 Å². The lowest BCUT2D eigenvalue weighted by atomic mass is 9.87. The van der Waals surface area contributed by atoms with Crippen molar-refractivity contribution in [3.63, 3.8) is 0 Å². The lowest BCUT2D eigenvalue weighted by Gasteiger charge is -2.36. The molecule has 2 unspecified atom stereocenters. The summed E-state index contributed by atoms with van der Waals surface area (Å²) in [6, 6.07) is 3.78. The van der Waals surface area contributed by atoms with E-state index in [9.17, 15) is 4.79 Å². The average molecular weight is 247 g/mol. The first kappa shape index (κ1) is 13.0. The van der Waals surface area contributed by atoms with Crippen LogP contribution >= 0.6 is 0 Å². The third kappa shape index (κ3) is 2.53. The van der Waals surface area contributed by atoms with Gasteiger partial charge in [0.05, 0.1) is 0 Å². The summed E-state index contributed by atoms with van der Waals surface area (Å²) < 4.78 is 0. The first-order valence-electron chi connectivity index (χ1n) is 6.54. The van der Waals surface area contributed by atoms with Crippen molar-refractivity contribution in [3.05, 3.63) is 29.6 Å². The van der Waals surface area contributed by atoms with Crippen molar-refractivity contribution in [2.45, 2.75) is 20.3 Å². The maximum absolute atomic E-state index is 12.4. The molecule has 0 aromatic carbocycles. The number of likely N-dealkylation sites (tertiary alicyclic amines) is 1. The second-order valence-electron chi connectivity index (χ2n) is 5.18. The Kier molecular flexibility index (Phi) is 3.97. The highest BCUT2D eigenvalue weighted by Crippen LogP contribution is 2.23. The number of piperidine rings is 1. The number of nitrogens with two attached hydrogens (primary N) is 1. The fraction of sp³-hybridized carbons (Fsp3) is 0.571. The smallest absolute Gasteiger partial charge is 0.272 e. The number of rotatable bonds is 2. The fourth-order valence-corrected chi connectivity index (χ4v) is 2.50. The highest BCUT2D eigenvalue weighted by molar-refractivity contribution is 5.93. The first-order valence-corrected chi connectivity index (χ1v) is 6.54. The van der Waals surface area contributed by atoms with Crippen molar-refractivity contribution in [2.75, 3.05) is 19.6 Å². The van der Waals surface area contributed by atoms with Crippen LogP contribution in [0.1, 0.15) is 29.4 Å². The summed E-state index contributed by atoms with van der Waals surface area (Å²) in [6.45, 7) is 6.35. The van der Waals surface area contributed by atoms with E-state index >= 15 is 0 Å². The van der Waals surface area contributed by atoms with Crippen molar-refractivity contribution in [2.24, 2.45) is 17.6 Å². The maximum Gasteiger partial charge on any atom is 0.272 e. The van der Waals surface area contributed by atoms with Crippen molar-refractivity contribution in [1.29, 1.82) is 0 Å². The predicted octanol–water partition coefficient (Wildman–Crippen LogP) is 1.45. The third-order valence-electron chi connectivity index (χ3n) is 3.92. The van der Waals surface area contributed by atoms with Gasteiger partial charge in [-0.2, -0.15) is 0 Å². The Morgan fingerprint density at radius 3 is 3.06 bits per heavy atom. The van der Waals surface area contributed by atoms with Gasteiger partial charge in [0, 0.05) is 19.3 Å². The van der Waals surface area contributed by atoms with E-state index in [4.69, 9.17) is 5.73 Å². The summed E-state index contributed by atoms with van der Waals surface area (Å²) in [7, 11) is 0. The van der Waals surface area contributed by atoms with E-state index in [-0.39, 0.29) is 5.91 Å². The minimum atomic E-state index is 0.0402. The van der Waals surface area contributed by atoms with Crippen molar-refractivity contribution >= 4 is 5.91 Å². The number of hydrogen-bond donors (Lipinski definition) is 1. The van der Waals surface area contributed by atoms with Gasteiger partial charge in [-0.3, -0.25) is 9.78 Å². The van der Waals surface area contributed by atoms with Crippen LogP contribution in [0.15, 0.2) is 18.3 Å². The number of carbonyl (C=O) groups excluding carboxylic acids is 1. The summed E-state index contributed by atoms with van der Waals surface area (Å²) in [5.41, 5.74) is 7.28. The largest absolute Gasteiger partial charge is 0.337 e. The summed E-state index contributed by atoms with van der Waals surface area (Å²) in [4.78, 5) is 18.5. The number of pyridine rings is 1. The number of aromatic nitrogens is 1. The van der Waals surface area contributed by atoms with Gasteiger partial charge in [-0.05, 0) is 43.4 Å². The predicted molar refractivity (Wildman–Crippen MR) is 71.2 cm³/mol. The van der Waals surface area contributed by atoms with Gasteiger partial charge in [0.25, 0.3) is 5.91 Å². The molecule has 0 radical (unpaired) electrons. The Balaban J connectivity index is 2.13. The molecule has 1 aliphatic heterocycles. The highest BCUT2D eigenvalue weighted by Gasteiger charge is 2.29. The molecule has 0 bridgehead atoms. The van der Waals surface area contributed by atoms with E-state index in [2.05, 4.69) is 11.9 Å². The molecule has 1 saturated heterocycles. The Hall–Kier alpha value is -1.42. The Morgan fingerprint density at radius 1 is 1.61 bits per heavy atom. The van der Waals surface area contributed by atoms with Crippen LogP contribution in [-0.2, 0) is 0 Å². The van der Waals surface area contributed by atoms with Crippen LogP contribution in [0.25, 0.3) is 0 Å². The number of amides is 1. The first-order chi connectivity index (χ1) is 8.63. The van der Waals surface area contributed by atoms with Gasteiger partial charge in [0.1, 0.15) is 5.69 Å². The lowest BCUT2D eigenvalue weighted by Crippen LogP contribution is -2.45. The molecular weight excluding hydrogens is 226 g/mol. The minimum absolute atomic E-state index is 0.0402. The Bertz CT molecular complexity index is 433. The summed E-state index contributed by atoms with van der Waals surface area (Å²) >= 11 is 0. The SMILES string of the molecule is Cc1cccnc1C(=O)N1CCC(C)C(CN)C1. The van der Waals surface area contributed by atoms with Crippen LogP contribution in [0.4, 0.5) is 0 Å². The summed E-state index contributed by atoms with van der Waals surface area (Å²) in [5, 5.41) is 0. The van der Waals surface area contributed by atoms with Crippen molar-refractivity contribution in [3.8, 4) is 0 Å². The standard InChI is InChI=1S/C14H21N3O/c1-10-5-7-17(9-12(10)8-15)14(18)13-11(2)4-3-6-16-13/h3-4,6,10,12H,5,7-9,15H2,1-2H3.